The minimum Gasteiger partial charge on any atom is -0.509 e. The molecule has 2 aliphatic rings. The lowest BCUT2D eigenvalue weighted by atomic mass is 9.78. The standard InChI is InChI=1S/C20H26BrNO3/c1-4-12-10-14(21)11-13(5-2)16(12)17-18(23)20(22-19(17)24)8-6-15(25-3)7-9-20/h10-11,15,23H,4-9H2,1-3H3,(H,22,24). The first-order valence-electron chi connectivity index (χ1n) is 9.06. The number of nitrogens with one attached hydrogen (secondary N) is 1. The number of aliphatic hydroxyl groups is 1. The van der Waals surface area contributed by atoms with Crippen LogP contribution in [0.2, 0.25) is 0 Å². The molecule has 0 bridgehead atoms. The van der Waals surface area contributed by atoms with E-state index in [1.54, 1.807) is 7.11 Å². The molecule has 1 spiro atoms. The summed E-state index contributed by atoms with van der Waals surface area (Å²) in [5, 5.41) is 14.2. The Morgan fingerprint density at radius 1 is 1.24 bits per heavy atom. The Morgan fingerprint density at radius 3 is 2.28 bits per heavy atom. The number of carbonyl (C=O) groups is 1. The van der Waals surface area contributed by atoms with E-state index < -0.39 is 5.54 Å². The smallest absolute Gasteiger partial charge is 0.256 e. The average molecular weight is 408 g/mol. The summed E-state index contributed by atoms with van der Waals surface area (Å²) in [7, 11) is 1.72. The Hall–Kier alpha value is -1.33. The molecule has 0 unspecified atom stereocenters. The van der Waals surface area contributed by atoms with Gasteiger partial charge in [-0.2, -0.15) is 0 Å². The summed E-state index contributed by atoms with van der Waals surface area (Å²) in [6.07, 6.45) is 4.95. The first-order chi connectivity index (χ1) is 12.0. The van der Waals surface area contributed by atoms with Gasteiger partial charge in [-0.1, -0.05) is 29.8 Å². The van der Waals surface area contributed by atoms with Crippen LogP contribution in [-0.4, -0.2) is 29.8 Å². The zero-order valence-corrected chi connectivity index (χ0v) is 16.7. The molecule has 1 heterocycles. The number of halogens is 1. The van der Waals surface area contributed by atoms with E-state index in [1.807, 2.05) is 0 Å². The summed E-state index contributed by atoms with van der Waals surface area (Å²) in [6.45, 7) is 4.16. The van der Waals surface area contributed by atoms with Crippen LogP contribution in [-0.2, 0) is 22.4 Å². The Labute approximate surface area is 157 Å². The maximum absolute atomic E-state index is 12.9. The number of aryl methyl sites for hydroxylation is 2. The lowest BCUT2D eigenvalue weighted by molar-refractivity contribution is -0.116. The molecular weight excluding hydrogens is 382 g/mol. The molecule has 3 rings (SSSR count). The highest BCUT2D eigenvalue weighted by Crippen LogP contribution is 2.43. The fourth-order valence-corrected chi connectivity index (χ4v) is 4.76. The second kappa shape index (κ2) is 7.12. The third kappa shape index (κ3) is 3.13. The number of benzene rings is 1. The second-order valence-electron chi connectivity index (χ2n) is 7.00. The van der Waals surface area contributed by atoms with Gasteiger partial charge in [-0.15, -0.1) is 0 Å². The molecule has 5 heteroatoms. The number of ether oxygens (including phenoxy) is 1. The van der Waals surface area contributed by atoms with Crippen molar-refractivity contribution in [2.45, 2.75) is 64.0 Å². The predicted octanol–water partition coefficient (Wildman–Crippen LogP) is 4.30. The molecule has 1 fully saturated rings. The van der Waals surface area contributed by atoms with Gasteiger partial charge in [0.2, 0.25) is 0 Å². The summed E-state index contributed by atoms with van der Waals surface area (Å²) in [4.78, 5) is 12.9. The quantitative estimate of drug-likeness (QED) is 0.781. The van der Waals surface area contributed by atoms with Crippen LogP contribution < -0.4 is 5.32 Å². The van der Waals surface area contributed by atoms with E-state index >= 15 is 0 Å². The van der Waals surface area contributed by atoms with Crippen LogP contribution >= 0.6 is 15.9 Å². The monoisotopic (exact) mass is 407 g/mol. The van der Waals surface area contributed by atoms with Gasteiger partial charge in [0, 0.05) is 11.6 Å². The van der Waals surface area contributed by atoms with Crippen LogP contribution in [0.3, 0.4) is 0 Å². The van der Waals surface area contributed by atoms with Crippen LogP contribution in [0, 0.1) is 0 Å². The van der Waals surface area contributed by atoms with Crippen LogP contribution in [0.25, 0.3) is 5.57 Å². The van der Waals surface area contributed by atoms with E-state index in [-0.39, 0.29) is 17.8 Å². The molecule has 4 nitrogen and oxygen atoms in total. The summed E-state index contributed by atoms with van der Waals surface area (Å²) in [6, 6.07) is 4.10. The van der Waals surface area contributed by atoms with E-state index in [1.165, 1.54) is 0 Å². The number of rotatable bonds is 4. The zero-order chi connectivity index (χ0) is 18.2. The molecule has 1 aromatic rings. The fraction of sp³-hybridized carbons (Fsp3) is 0.550. The van der Waals surface area contributed by atoms with Crippen molar-refractivity contribution >= 4 is 27.4 Å². The molecule has 0 radical (unpaired) electrons. The Bertz CT molecular complexity index is 693. The molecule has 25 heavy (non-hydrogen) atoms. The van der Waals surface area contributed by atoms with E-state index in [4.69, 9.17) is 4.74 Å². The highest BCUT2D eigenvalue weighted by molar-refractivity contribution is 9.10. The van der Waals surface area contributed by atoms with Gasteiger partial charge in [-0.3, -0.25) is 4.79 Å². The van der Waals surface area contributed by atoms with Gasteiger partial charge in [-0.05, 0) is 67.3 Å². The number of hydrogen-bond acceptors (Lipinski definition) is 3. The van der Waals surface area contributed by atoms with Crippen molar-refractivity contribution in [1.82, 2.24) is 5.32 Å². The van der Waals surface area contributed by atoms with E-state index in [0.717, 1.165) is 46.8 Å². The third-order valence-corrected chi connectivity index (χ3v) is 6.13. The van der Waals surface area contributed by atoms with Gasteiger partial charge in [0.15, 0.2) is 0 Å². The van der Waals surface area contributed by atoms with Crippen LogP contribution in [0.5, 0.6) is 0 Å². The molecule has 2 N–H and O–H groups in total. The maximum Gasteiger partial charge on any atom is 0.256 e. The minimum absolute atomic E-state index is 0.153. The number of hydrogen-bond donors (Lipinski definition) is 2. The van der Waals surface area contributed by atoms with Crippen molar-refractivity contribution in [3.05, 3.63) is 39.1 Å². The Kier molecular flexibility index (Phi) is 5.26. The molecule has 1 aromatic carbocycles. The van der Waals surface area contributed by atoms with Crippen LogP contribution in [0.4, 0.5) is 0 Å². The van der Waals surface area contributed by atoms with Gasteiger partial charge in [0.25, 0.3) is 5.91 Å². The molecule has 0 atom stereocenters. The van der Waals surface area contributed by atoms with E-state index in [2.05, 4.69) is 47.2 Å². The number of amides is 1. The van der Waals surface area contributed by atoms with Gasteiger partial charge < -0.3 is 15.2 Å². The predicted molar refractivity (Wildman–Crippen MR) is 103 cm³/mol. The molecule has 1 aliphatic carbocycles. The molecule has 0 aromatic heterocycles. The highest BCUT2D eigenvalue weighted by atomic mass is 79.9. The van der Waals surface area contributed by atoms with Crippen molar-refractivity contribution in [1.29, 1.82) is 0 Å². The lowest BCUT2D eigenvalue weighted by Crippen LogP contribution is -2.48. The van der Waals surface area contributed by atoms with Crippen LogP contribution in [0.15, 0.2) is 22.4 Å². The summed E-state index contributed by atoms with van der Waals surface area (Å²) >= 11 is 3.56. The largest absolute Gasteiger partial charge is 0.509 e. The van der Waals surface area contributed by atoms with Crippen molar-refractivity contribution in [2.24, 2.45) is 0 Å². The third-order valence-electron chi connectivity index (χ3n) is 5.67. The normalized spacial score (nSPS) is 26.4. The maximum atomic E-state index is 12.9. The van der Waals surface area contributed by atoms with Crippen LogP contribution in [0.1, 0.15) is 56.2 Å². The Balaban J connectivity index is 2.09. The zero-order valence-electron chi connectivity index (χ0n) is 15.1. The molecular formula is C20H26BrNO3. The van der Waals surface area contributed by atoms with Crippen molar-refractivity contribution in [3.8, 4) is 0 Å². The van der Waals surface area contributed by atoms with Gasteiger partial charge in [0.05, 0.1) is 17.2 Å². The van der Waals surface area contributed by atoms with Crippen molar-refractivity contribution in [2.75, 3.05) is 7.11 Å². The van der Waals surface area contributed by atoms with Crippen molar-refractivity contribution < 1.29 is 14.6 Å². The molecule has 1 amide bonds. The molecule has 1 saturated carbocycles. The number of aliphatic hydroxyl groups excluding tert-OH is 1. The summed E-state index contributed by atoms with van der Waals surface area (Å²) in [5.41, 5.74) is 2.94. The Morgan fingerprint density at radius 2 is 1.80 bits per heavy atom. The topological polar surface area (TPSA) is 58.6 Å². The van der Waals surface area contributed by atoms with Gasteiger partial charge >= 0.3 is 0 Å². The average Bonchev–Trinajstić information content (AvgIpc) is 2.85. The van der Waals surface area contributed by atoms with Crippen molar-refractivity contribution in [3.63, 3.8) is 0 Å². The first-order valence-corrected chi connectivity index (χ1v) is 9.85. The molecule has 1 aliphatic heterocycles. The van der Waals surface area contributed by atoms with E-state index in [9.17, 15) is 9.90 Å². The van der Waals surface area contributed by atoms with Gasteiger partial charge in [0.1, 0.15) is 5.76 Å². The minimum atomic E-state index is -0.620. The lowest BCUT2D eigenvalue weighted by Gasteiger charge is -2.36. The number of carbonyl (C=O) groups excluding carboxylic acids is 1. The van der Waals surface area contributed by atoms with E-state index in [0.29, 0.717) is 18.4 Å². The summed E-state index contributed by atoms with van der Waals surface area (Å²) in [5.74, 6) is 0.0684. The fourth-order valence-electron chi connectivity index (χ4n) is 4.20. The number of methoxy groups -OCH3 is 1. The highest BCUT2D eigenvalue weighted by Gasteiger charge is 2.48. The summed E-state index contributed by atoms with van der Waals surface area (Å²) < 4.78 is 6.45. The van der Waals surface area contributed by atoms with Gasteiger partial charge in [-0.25, -0.2) is 0 Å². The SMILES string of the molecule is CCc1cc(Br)cc(CC)c1C1=C(O)C2(CCC(OC)CC2)NC1=O. The molecule has 136 valence electrons. The molecule has 0 saturated heterocycles. The second-order valence-corrected chi connectivity index (χ2v) is 7.92. The first kappa shape index (κ1) is 18.5.